The van der Waals surface area contributed by atoms with Gasteiger partial charge in [-0.05, 0) is 38.0 Å². The number of thioether (sulfide) groups is 1. The number of aliphatic carboxylic acids is 1. The number of carbonyl (C=O) groups excluding carboxylic acids is 2. The summed E-state index contributed by atoms with van der Waals surface area (Å²) < 4.78 is 0. The van der Waals surface area contributed by atoms with Crippen molar-refractivity contribution in [1.82, 2.24) is 5.32 Å². The van der Waals surface area contributed by atoms with Crippen LogP contribution in [0.2, 0.25) is 0 Å². The molecule has 3 N–H and O–H groups in total. The molecule has 1 heterocycles. The molecular formula is C16H18N2O4S. The Labute approximate surface area is 138 Å². The molecule has 0 unspecified atom stereocenters. The third kappa shape index (κ3) is 2.93. The number of amides is 2. The van der Waals surface area contributed by atoms with Crippen LogP contribution in [0.4, 0.5) is 5.69 Å². The van der Waals surface area contributed by atoms with Crippen molar-refractivity contribution in [2.24, 2.45) is 0 Å². The van der Waals surface area contributed by atoms with Crippen molar-refractivity contribution in [3.63, 3.8) is 0 Å². The van der Waals surface area contributed by atoms with Gasteiger partial charge in [-0.3, -0.25) is 9.59 Å². The zero-order valence-corrected chi connectivity index (χ0v) is 13.5. The van der Waals surface area contributed by atoms with E-state index in [9.17, 15) is 19.5 Å². The van der Waals surface area contributed by atoms with Crippen molar-refractivity contribution < 1.29 is 19.5 Å². The molecule has 1 aromatic carbocycles. The average molecular weight is 334 g/mol. The lowest BCUT2D eigenvalue weighted by Gasteiger charge is -2.26. The van der Waals surface area contributed by atoms with Gasteiger partial charge in [-0.25, -0.2) is 4.79 Å². The number of carbonyl (C=O) groups is 3. The van der Waals surface area contributed by atoms with E-state index >= 15 is 0 Å². The molecule has 0 aromatic heterocycles. The predicted octanol–water partition coefficient (Wildman–Crippen LogP) is 2.25. The molecule has 1 aliphatic carbocycles. The number of hydrogen-bond acceptors (Lipinski definition) is 4. The van der Waals surface area contributed by atoms with Gasteiger partial charge in [0.25, 0.3) is 5.91 Å². The number of hydrogen-bond donors (Lipinski definition) is 3. The van der Waals surface area contributed by atoms with Crippen LogP contribution in [-0.2, 0) is 9.59 Å². The van der Waals surface area contributed by atoms with Crippen LogP contribution in [0.15, 0.2) is 23.1 Å². The zero-order valence-electron chi connectivity index (χ0n) is 12.7. The van der Waals surface area contributed by atoms with Crippen LogP contribution in [0, 0.1) is 0 Å². The highest BCUT2D eigenvalue weighted by Gasteiger charge is 2.42. The fourth-order valence-corrected chi connectivity index (χ4v) is 3.94. The predicted molar refractivity (Wildman–Crippen MR) is 86.7 cm³/mol. The lowest BCUT2D eigenvalue weighted by molar-refractivity contribution is -0.144. The standard InChI is InChI=1S/C16H18N2O4S/c1-9-13(19)17-11-8-10(4-5-12(11)23-9)14(20)18-16(15(21)22)6-2-3-7-16/h4-5,8-9H,2-3,6-7H2,1H3,(H,17,19)(H,18,20)(H,21,22)/t9-/m1/s1. The van der Waals surface area contributed by atoms with Crippen LogP contribution in [-0.4, -0.2) is 33.7 Å². The Bertz CT molecular complexity index is 683. The van der Waals surface area contributed by atoms with Gasteiger partial charge in [0.2, 0.25) is 5.91 Å². The Morgan fingerprint density at radius 3 is 2.70 bits per heavy atom. The van der Waals surface area contributed by atoms with Crippen molar-refractivity contribution in [2.75, 3.05) is 5.32 Å². The van der Waals surface area contributed by atoms with Crippen LogP contribution in [0.1, 0.15) is 43.0 Å². The second kappa shape index (κ2) is 5.88. The van der Waals surface area contributed by atoms with Crippen LogP contribution in [0.3, 0.4) is 0 Å². The van der Waals surface area contributed by atoms with Crippen molar-refractivity contribution >= 4 is 35.2 Å². The molecule has 1 saturated carbocycles. The van der Waals surface area contributed by atoms with Gasteiger partial charge >= 0.3 is 5.97 Å². The van der Waals surface area contributed by atoms with Crippen LogP contribution in [0.25, 0.3) is 0 Å². The monoisotopic (exact) mass is 334 g/mol. The first kappa shape index (κ1) is 15.9. The van der Waals surface area contributed by atoms with E-state index in [1.807, 2.05) is 6.92 Å². The Kier molecular flexibility index (Phi) is 4.06. The molecular weight excluding hydrogens is 316 g/mol. The Balaban J connectivity index is 1.82. The molecule has 3 rings (SSSR count). The number of anilines is 1. The van der Waals surface area contributed by atoms with Gasteiger partial charge in [0.1, 0.15) is 5.54 Å². The van der Waals surface area contributed by atoms with Gasteiger partial charge in [0.05, 0.1) is 10.9 Å². The number of nitrogens with one attached hydrogen (secondary N) is 2. The van der Waals surface area contributed by atoms with Gasteiger partial charge in [-0.2, -0.15) is 0 Å². The van der Waals surface area contributed by atoms with Crippen molar-refractivity contribution in [3.05, 3.63) is 23.8 Å². The van der Waals surface area contributed by atoms with E-state index in [0.29, 0.717) is 24.1 Å². The van der Waals surface area contributed by atoms with E-state index in [4.69, 9.17) is 0 Å². The zero-order chi connectivity index (χ0) is 16.6. The van der Waals surface area contributed by atoms with Crippen LogP contribution < -0.4 is 10.6 Å². The van der Waals surface area contributed by atoms with E-state index in [1.54, 1.807) is 18.2 Å². The maximum Gasteiger partial charge on any atom is 0.329 e. The maximum atomic E-state index is 12.4. The summed E-state index contributed by atoms with van der Waals surface area (Å²) in [6.45, 7) is 1.82. The molecule has 7 heteroatoms. The van der Waals surface area contributed by atoms with Crippen molar-refractivity contribution in [3.8, 4) is 0 Å². The Morgan fingerprint density at radius 1 is 1.35 bits per heavy atom. The molecule has 0 saturated heterocycles. The number of carboxylic acid groups (broad SMARTS) is 1. The number of benzene rings is 1. The highest BCUT2D eigenvalue weighted by Crippen LogP contribution is 2.36. The summed E-state index contributed by atoms with van der Waals surface area (Å²) in [7, 11) is 0. The summed E-state index contributed by atoms with van der Waals surface area (Å²) in [5, 5.41) is 14.7. The summed E-state index contributed by atoms with van der Waals surface area (Å²) >= 11 is 1.44. The maximum absolute atomic E-state index is 12.4. The minimum absolute atomic E-state index is 0.0992. The molecule has 122 valence electrons. The average Bonchev–Trinajstić information content (AvgIpc) is 2.98. The van der Waals surface area contributed by atoms with Gasteiger partial charge < -0.3 is 15.7 Å². The van der Waals surface area contributed by atoms with Crippen LogP contribution in [0.5, 0.6) is 0 Å². The highest BCUT2D eigenvalue weighted by atomic mass is 32.2. The molecule has 1 aromatic rings. The topological polar surface area (TPSA) is 95.5 Å². The minimum atomic E-state index is -1.17. The molecule has 2 aliphatic rings. The minimum Gasteiger partial charge on any atom is -0.480 e. The largest absolute Gasteiger partial charge is 0.480 e. The Hall–Kier alpha value is -2.02. The van der Waals surface area contributed by atoms with Crippen molar-refractivity contribution in [2.45, 2.75) is 48.3 Å². The Morgan fingerprint density at radius 2 is 2.04 bits per heavy atom. The van der Waals surface area contributed by atoms with Gasteiger partial charge in [0, 0.05) is 10.5 Å². The molecule has 1 aliphatic heterocycles. The fourth-order valence-electron chi connectivity index (χ4n) is 3.01. The summed E-state index contributed by atoms with van der Waals surface area (Å²) in [6, 6.07) is 5.05. The number of fused-ring (bicyclic) bond motifs is 1. The molecule has 6 nitrogen and oxygen atoms in total. The summed E-state index contributed by atoms with van der Waals surface area (Å²) in [5.41, 5.74) is -0.215. The third-order valence-corrected chi connectivity index (χ3v) is 5.57. The normalized spacial score (nSPS) is 22.1. The van der Waals surface area contributed by atoms with Gasteiger partial charge in [0.15, 0.2) is 0 Å². The first-order chi connectivity index (χ1) is 10.9. The summed E-state index contributed by atoms with van der Waals surface area (Å²) in [5.74, 6) is -1.51. The second-order valence-corrected chi connectivity index (χ2v) is 7.39. The molecule has 0 spiro atoms. The molecule has 1 atom stereocenters. The third-order valence-electron chi connectivity index (χ3n) is 4.39. The lowest BCUT2D eigenvalue weighted by atomic mass is 9.97. The molecule has 0 bridgehead atoms. The fraction of sp³-hybridized carbons (Fsp3) is 0.438. The van der Waals surface area contributed by atoms with E-state index in [1.165, 1.54) is 11.8 Å². The van der Waals surface area contributed by atoms with Crippen LogP contribution >= 0.6 is 11.8 Å². The lowest BCUT2D eigenvalue weighted by Crippen LogP contribution is -2.52. The van der Waals surface area contributed by atoms with E-state index < -0.39 is 17.4 Å². The van der Waals surface area contributed by atoms with E-state index in [0.717, 1.165) is 17.7 Å². The van der Waals surface area contributed by atoms with Crippen molar-refractivity contribution in [1.29, 1.82) is 0 Å². The smallest absolute Gasteiger partial charge is 0.329 e. The summed E-state index contributed by atoms with van der Waals surface area (Å²) in [6.07, 6.45) is 2.48. The highest BCUT2D eigenvalue weighted by molar-refractivity contribution is 8.00. The molecule has 2 amide bonds. The SMILES string of the molecule is C[C@H]1Sc2ccc(C(=O)NC3(C(=O)O)CCCC3)cc2NC1=O. The first-order valence-corrected chi connectivity index (χ1v) is 8.47. The molecule has 1 fully saturated rings. The number of rotatable bonds is 3. The van der Waals surface area contributed by atoms with Gasteiger partial charge in [-0.15, -0.1) is 11.8 Å². The quantitative estimate of drug-likeness (QED) is 0.788. The molecule has 0 radical (unpaired) electrons. The second-order valence-electron chi connectivity index (χ2n) is 6.01. The van der Waals surface area contributed by atoms with E-state index in [-0.39, 0.29) is 11.2 Å². The molecule has 23 heavy (non-hydrogen) atoms. The summed E-state index contributed by atoms with van der Waals surface area (Å²) in [4.78, 5) is 36.6. The first-order valence-electron chi connectivity index (χ1n) is 7.59. The van der Waals surface area contributed by atoms with Gasteiger partial charge in [-0.1, -0.05) is 12.8 Å². The number of carboxylic acids is 1. The van der Waals surface area contributed by atoms with E-state index in [2.05, 4.69) is 10.6 Å².